The van der Waals surface area contributed by atoms with Crippen molar-refractivity contribution in [1.82, 2.24) is 5.32 Å². The smallest absolute Gasteiger partial charge is 0.311 e. The van der Waals surface area contributed by atoms with E-state index < -0.39 is 35.0 Å². The second kappa shape index (κ2) is 8.70. The highest BCUT2D eigenvalue weighted by molar-refractivity contribution is 5.88. The van der Waals surface area contributed by atoms with Crippen LogP contribution < -0.4 is 10.1 Å². The van der Waals surface area contributed by atoms with Gasteiger partial charge in [0.05, 0.1) is 11.0 Å². The third-order valence-electron chi connectivity index (χ3n) is 3.59. The van der Waals surface area contributed by atoms with E-state index in [0.717, 1.165) is 23.8 Å². The zero-order chi connectivity index (χ0) is 19.1. The first-order chi connectivity index (χ1) is 12.4. The number of benzene rings is 2. The Labute approximate surface area is 148 Å². The van der Waals surface area contributed by atoms with Crippen molar-refractivity contribution in [2.45, 2.75) is 19.4 Å². The van der Waals surface area contributed by atoms with Crippen molar-refractivity contribution in [3.8, 4) is 5.75 Å². The summed E-state index contributed by atoms with van der Waals surface area (Å²) in [5, 5.41) is 13.4. The minimum absolute atomic E-state index is 0.237. The van der Waals surface area contributed by atoms with Crippen LogP contribution in [-0.4, -0.2) is 29.3 Å². The van der Waals surface area contributed by atoms with Crippen LogP contribution in [0.2, 0.25) is 0 Å². The number of hydrogen-bond donors (Lipinski definition) is 1. The molecule has 2 rings (SSSR count). The summed E-state index contributed by atoms with van der Waals surface area (Å²) in [6, 6.07) is 11.1. The Morgan fingerprint density at radius 2 is 1.92 bits per heavy atom. The lowest BCUT2D eigenvalue weighted by Crippen LogP contribution is -2.43. The molecule has 136 valence electrons. The molecule has 1 N–H and O–H groups in total. The number of nitrogens with zero attached hydrogens (tertiary/aromatic N) is 1. The van der Waals surface area contributed by atoms with E-state index in [2.05, 4.69) is 5.32 Å². The molecule has 0 aliphatic heterocycles. The number of nitro groups is 1. The van der Waals surface area contributed by atoms with Gasteiger partial charge in [-0.05, 0) is 25.0 Å². The van der Waals surface area contributed by atoms with E-state index in [4.69, 9.17) is 4.74 Å². The summed E-state index contributed by atoms with van der Waals surface area (Å²) in [7, 11) is 0. The van der Waals surface area contributed by atoms with Gasteiger partial charge < -0.3 is 10.1 Å². The molecular formula is C18H17FN2O5. The number of nitro benzene ring substituents is 1. The van der Waals surface area contributed by atoms with Crippen molar-refractivity contribution in [3.05, 3.63) is 70.0 Å². The first-order valence-electron chi connectivity index (χ1n) is 7.77. The van der Waals surface area contributed by atoms with E-state index >= 15 is 0 Å². The number of halogens is 1. The summed E-state index contributed by atoms with van der Waals surface area (Å²) in [5.41, 5.74) is 0.418. The molecule has 8 heteroatoms. The van der Waals surface area contributed by atoms with Crippen molar-refractivity contribution in [2.75, 3.05) is 6.61 Å². The van der Waals surface area contributed by atoms with Gasteiger partial charge in [-0.15, -0.1) is 0 Å². The second-order valence-electron chi connectivity index (χ2n) is 5.58. The number of nitrogens with one attached hydrogen (secondary N) is 1. The number of carbonyl (C=O) groups excluding carboxylic acids is 2. The SMILES string of the molecule is CC(=O)[C@H](Cc1ccccc1)NC(=O)COc1cc(F)ccc1[N+](=O)[O-]. The van der Waals surface area contributed by atoms with Gasteiger partial charge in [0.2, 0.25) is 5.75 Å². The molecule has 0 unspecified atom stereocenters. The Balaban J connectivity index is 2.00. The molecule has 0 bridgehead atoms. The van der Waals surface area contributed by atoms with Crippen LogP contribution in [0.1, 0.15) is 12.5 Å². The first-order valence-corrected chi connectivity index (χ1v) is 7.77. The average Bonchev–Trinajstić information content (AvgIpc) is 2.60. The lowest BCUT2D eigenvalue weighted by Gasteiger charge is -2.16. The number of ketones is 1. The maximum absolute atomic E-state index is 13.2. The van der Waals surface area contributed by atoms with Crippen molar-refractivity contribution < 1.29 is 23.6 Å². The Bertz CT molecular complexity index is 810. The van der Waals surface area contributed by atoms with Gasteiger partial charge in [0.15, 0.2) is 12.4 Å². The fourth-order valence-electron chi connectivity index (χ4n) is 2.28. The van der Waals surface area contributed by atoms with Crippen LogP contribution in [0.4, 0.5) is 10.1 Å². The molecule has 0 radical (unpaired) electrons. The minimum Gasteiger partial charge on any atom is -0.477 e. The van der Waals surface area contributed by atoms with E-state index in [0.29, 0.717) is 6.42 Å². The van der Waals surface area contributed by atoms with Crippen LogP contribution >= 0.6 is 0 Å². The summed E-state index contributed by atoms with van der Waals surface area (Å²) in [5.74, 6) is -1.96. The minimum atomic E-state index is -0.754. The summed E-state index contributed by atoms with van der Waals surface area (Å²) in [6.45, 7) is 0.773. The van der Waals surface area contributed by atoms with Gasteiger partial charge in [0.25, 0.3) is 5.91 Å². The highest BCUT2D eigenvalue weighted by Crippen LogP contribution is 2.27. The Morgan fingerprint density at radius 1 is 1.23 bits per heavy atom. The Kier molecular flexibility index (Phi) is 6.37. The summed E-state index contributed by atoms with van der Waals surface area (Å²) >= 11 is 0. The predicted molar refractivity (Wildman–Crippen MR) is 91.3 cm³/mol. The van der Waals surface area contributed by atoms with E-state index in [-0.39, 0.29) is 11.5 Å². The van der Waals surface area contributed by atoms with Crippen LogP contribution in [-0.2, 0) is 16.0 Å². The number of hydrogen-bond acceptors (Lipinski definition) is 5. The quantitative estimate of drug-likeness (QED) is 0.576. The van der Waals surface area contributed by atoms with Crippen molar-refractivity contribution in [2.24, 2.45) is 0 Å². The molecule has 0 heterocycles. The number of Topliss-reactive ketones (excluding diaryl/α,β-unsaturated/α-hetero) is 1. The molecule has 0 aromatic heterocycles. The Hall–Kier alpha value is -3.29. The molecular weight excluding hydrogens is 343 g/mol. The third kappa shape index (κ3) is 5.37. The lowest BCUT2D eigenvalue weighted by molar-refractivity contribution is -0.385. The number of amides is 1. The molecule has 0 saturated carbocycles. The monoisotopic (exact) mass is 360 g/mol. The number of carbonyl (C=O) groups is 2. The highest BCUT2D eigenvalue weighted by atomic mass is 19.1. The van der Waals surface area contributed by atoms with Crippen LogP contribution in [0.25, 0.3) is 0 Å². The van der Waals surface area contributed by atoms with Gasteiger partial charge in [0.1, 0.15) is 5.82 Å². The van der Waals surface area contributed by atoms with Crippen LogP contribution in [0.5, 0.6) is 5.75 Å². The molecule has 2 aromatic carbocycles. The molecule has 0 aliphatic carbocycles. The molecule has 26 heavy (non-hydrogen) atoms. The van der Waals surface area contributed by atoms with Gasteiger partial charge >= 0.3 is 5.69 Å². The molecule has 7 nitrogen and oxygen atoms in total. The second-order valence-corrected chi connectivity index (χ2v) is 5.58. The molecule has 1 amide bonds. The molecule has 1 atom stereocenters. The first kappa shape index (κ1) is 19.0. The van der Waals surface area contributed by atoms with Gasteiger partial charge in [-0.3, -0.25) is 19.7 Å². The average molecular weight is 360 g/mol. The van der Waals surface area contributed by atoms with Gasteiger partial charge in [-0.25, -0.2) is 4.39 Å². The fraction of sp³-hybridized carbons (Fsp3) is 0.222. The molecule has 0 fully saturated rings. The molecule has 0 saturated heterocycles. The molecule has 0 spiro atoms. The number of rotatable bonds is 8. The van der Waals surface area contributed by atoms with Gasteiger partial charge in [-0.2, -0.15) is 0 Å². The zero-order valence-electron chi connectivity index (χ0n) is 14.0. The van der Waals surface area contributed by atoms with E-state index in [1.165, 1.54) is 6.92 Å². The van der Waals surface area contributed by atoms with E-state index in [1.54, 1.807) is 0 Å². The fourth-order valence-corrected chi connectivity index (χ4v) is 2.28. The van der Waals surface area contributed by atoms with Crippen LogP contribution in [0.15, 0.2) is 48.5 Å². The van der Waals surface area contributed by atoms with Gasteiger partial charge in [-0.1, -0.05) is 30.3 Å². The summed E-state index contributed by atoms with van der Waals surface area (Å²) in [4.78, 5) is 34.0. The maximum Gasteiger partial charge on any atom is 0.311 e. The molecule has 0 aliphatic rings. The normalized spacial score (nSPS) is 11.5. The third-order valence-corrected chi connectivity index (χ3v) is 3.59. The van der Waals surface area contributed by atoms with Crippen LogP contribution in [0, 0.1) is 15.9 Å². The van der Waals surface area contributed by atoms with Gasteiger partial charge in [0, 0.05) is 12.1 Å². The zero-order valence-corrected chi connectivity index (χ0v) is 14.0. The standard InChI is InChI=1S/C18H17FN2O5/c1-12(22)15(9-13-5-3-2-4-6-13)20-18(23)11-26-17-10-14(19)7-8-16(17)21(24)25/h2-8,10,15H,9,11H2,1H3,(H,20,23)/t15-/m0/s1. The number of ether oxygens (including phenoxy) is 1. The van der Waals surface area contributed by atoms with E-state index in [9.17, 15) is 24.1 Å². The summed E-state index contributed by atoms with van der Waals surface area (Å²) < 4.78 is 18.3. The van der Waals surface area contributed by atoms with Crippen molar-refractivity contribution in [3.63, 3.8) is 0 Å². The Morgan fingerprint density at radius 3 is 2.54 bits per heavy atom. The van der Waals surface area contributed by atoms with Crippen LogP contribution in [0.3, 0.4) is 0 Å². The topological polar surface area (TPSA) is 98.5 Å². The molecule has 2 aromatic rings. The highest BCUT2D eigenvalue weighted by Gasteiger charge is 2.20. The van der Waals surface area contributed by atoms with Crippen molar-refractivity contribution in [1.29, 1.82) is 0 Å². The van der Waals surface area contributed by atoms with E-state index in [1.807, 2.05) is 30.3 Å². The lowest BCUT2D eigenvalue weighted by atomic mass is 10.0. The van der Waals surface area contributed by atoms with Crippen molar-refractivity contribution >= 4 is 17.4 Å². The largest absolute Gasteiger partial charge is 0.477 e. The predicted octanol–water partition coefficient (Wildman–Crippen LogP) is 2.43. The maximum atomic E-state index is 13.2. The summed E-state index contributed by atoms with van der Waals surface area (Å²) in [6.07, 6.45) is 0.308.